The molecule has 0 saturated carbocycles. The van der Waals surface area contributed by atoms with Crippen LogP contribution in [0, 0.1) is 0 Å². The van der Waals surface area contributed by atoms with Crippen LogP contribution < -0.4 is 0 Å². The topological polar surface area (TPSA) is 101 Å². The summed E-state index contributed by atoms with van der Waals surface area (Å²) in [6.07, 6.45) is 9.87. The minimum absolute atomic E-state index is 0.0416. The van der Waals surface area contributed by atoms with Gasteiger partial charge in [0.15, 0.2) is 5.75 Å². The first kappa shape index (κ1) is 22.0. The molecule has 0 aromatic carbocycles. The number of unbranched alkanes of at least 4 members (excludes halogenated alkanes) is 5. The van der Waals surface area contributed by atoms with Gasteiger partial charge in [-0.3, -0.25) is 14.5 Å². The molecule has 25 heavy (non-hydrogen) atoms. The third kappa shape index (κ3) is 8.74. The molecule has 0 bridgehead atoms. The zero-order chi connectivity index (χ0) is 18.7. The van der Waals surface area contributed by atoms with Crippen molar-refractivity contribution in [3.05, 3.63) is 12.2 Å². The largest absolute Gasteiger partial charge is 0.614 e. The van der Waals surface area contributed by atoms with Crippen LogP contribution in [-0.4, -0.2) is 55.3 Å². The average molecular weight is 374 g/mol. The lowest BCUT2D eigenvalue weighted by Crippen LogP contribution is -2.35. The molecule has 1 aliphatic rings. The van der Waals surface area contributed by atoms with E-state index >= 15 is 0 Å². The molecule has 1 aliphatic heterocycles. The summed E-state index contributed by atoms with van der Waals surface area (Å²) in [5.74, 6) is -0.855. The summed E-state index contributed by atoms with van der Waals surface area (Å²) >= 11 is -1.26. The Morgan fingerprint density at radius 2 is 2.04 bits per heavy atom. The molecule has 7 heteroatoms. The van der Waals surface area contributed by atoms with E-state index in [2.05, 4.69) is 6.92 Å². The van der Waals surface area contributed by atoms with Crippen molar-refractivity contribution in [1.29, 1.82) is 0 Å². The third-order valence-corrected chi connectivity index (χ3v) is 5.79. The van der Waals surface area contributed by atoms with Gasteiger partial charge in [0.1, 0.15) is 0 Å². The maximum Gasteiger partial charge on any atom is 0.303 e. The molecule has 1 saturated heterocycles. The molecule has 3 atom stereocenters. The first-order valence-electron chi connectivity index (χ1n) is 9.20. The number of aliphatic hydroxyl groups is 1. The fourth-order valence-electron chi connectivity index (χ4n) is 2.85. The normalized spacial score (nSPS) is 22.0. The lowest BCUT2D eigenvalue weighted by Gasteiger charge is -2.21. The summed E-state index contributed by atoms with van der Waals surface area (Å²) < 4.78 is 12.1. The first-order chi connectivity index (χ1) is 12.0. The van der Waals surface area contributed by atoms with Gasteiger partial charge in [-0.2, -0.15) is 0 Å². The Bertz CT molecular complexity index is 443. The summed E-state index contributed by atoms with van der Waals surface area (Å²) in [7, 11) is 0. The van der Waals surface area contributed by atoms with Crippen molar-refractivity contribution >= 4 is 23.1 Å². The van der Waals surface area contributed by atoms with Gasteiger partial charge in [-0.1, -0.05) is 45.1 Å². The molecule has 1 amide bonds. The first-order valence-corrected chi connectivity index (χ1v) is 10.6. The minimum Gasteiger partial charge on any atom is -0.614 e. The number of carboxylic acids is 1. The maximum absolute atomic E-state index is 12.1. The molecule has 1 heterocycles. The van der Waals surface area contributed by atoms with Gasteiger partial charge in [0.25, 0.3) is 5.91 Å². The Labute approximate surface area is 153 Å². The number of carbonyl (C=O) groups excluding carboxylic acids is 1. The van der Waals surface area contributed by atoms with Gasteiger partial charge in [0, 0.05) is 13.0 Å². The van der Waals surface area contributed by atoms with Crippen LogP contribution in [-0.2, 0) is 20.8 Å². The van der Waals surface area contributed by atoms with Crippen LogP contribution in [0.2, 0.25) is 0 Å². The monoisotopic (exact) mass is 373 g/mol. The van der Waals surface area contributed by atoms with E-state index in [-0.39, 0.29) is 18.1 Å². The Kier molecular flexibility index (Phi) is 10.8. The maximum atomic E-state index is 12.1. The SMILES string of the molecule is CCCCCC(O)C=CC1N(CCCCCCC(=O)O)C(=O)C[S+]1[O-]. The van der Waals surface area contributed by atoms with Crippen molar-refractivity contribution in [2.24, 2.45) is 0 Å². The van der Waals surface area contributed by atoms with Gasteiger partial charge >= 0.3 is 5.97 Å². The molecule has 6 nitrogen and oxygen atoms in total. The van der Waals surface area contributed by atoms with E-state index in [1.54, 1.807) is 17.1 Å². The van der Waals surface area contributed by atoms with Gasteiger partial charge < -0.3 is 14.8 Å². The highest BCUT2D eigenvalue weighted by Gasteiger charge is 2.40. The number of nitrogens with zero attached hydrogens (tertiary/aromatic N) is 1. The van der Waals surface area contributed by atoms with Crippen LogP contribution in [0.15, 0.2) is 12.2 Å². The predicted molar refractivity (Wildman–Crippen MR) is 98.5 cm³/mol. The lowest BCUT2D eigenvalue weighted by atomic mass is 10.1. The number of amides is 1. The van der Waals surface area contributed by atoms with Gasteiger partial charge in [0.2, 0.25) is 5.37 Å². The molecule has 0 spiro atoms. The second-order valence-corrected chi connectivity index (χ2v) is 8.04. The smallest absolute Gasteiger partial charge is 0.303 e. The number of hydrogen-bond donors (Lipinski definition) is 2. The van der Waals surface area contributed by atoms with Crippen LogP contribution >= 0.6 is 0 Å². The van der Waals surface area contributed by atoms with Crippen molar-refractivity contribution in [2.75, 3.05) is 12.3 Å². The summed E-state index contributed by atoms with van der Waals surface area (Å²) in [5, 5.41) is 18.1. The molecule has 0 aromatic heterocycles. The van der Waals surface area contributed by atoms with E-state index in [4.69, 9.17) is 5.11 Å². The standard InChI is InChI=1S/C18H31NO5S/c1-2-3-6-9-15(20)11-12-17-19(16(21)14-25(17)24)13-8-5-4-7-10-18(22)23/h11-12,15,17,20H,2-10,13-14H2,1H3,(H,22,23). The molecule has 0 aliphatic carbocycles. The Hall–Kier alpha value is -1.05. The molecular formula is C18H31NO5S. The molecule has 144 valence electrons. The summed E-state index contributed by atoms with van der Waals surface area (Å²) in [6.45, 7) is 2.63. The van der Waals surface area contributed by atoms with E-state index in [1.165, 1.54) is 0 Å². The molecule has 2 N–H and O–H groups in total. The van der Waals surface area contributed by atoms with Crippen LogP contribution in [0.25, 0.3) is 0 Å². The predicted octanol–water partition coefficient (Wildman–Crippen LogP) is 2.44. The quantitative estimate of drug-likeness (QED) is 0.293. The highest BCUT2D eigenvalue weighted by molar-refractivity contribution is 7.93. The van der Waals surface area contributed by atoms with Crippen LogP contribution in [0.1, 0.15) is 64.7 Å². The summed E-state index contributed by atoms with van der Waals surface area (Å²) in [4.78, 5) is 24.1. The Balaban J connectivity index is 2.39. The number of rotatable bonds is 13. The fraction of sp³-hybridized carbons (Fsp3) is 0.778. The molecule has 3 unspecified atom stereocenters. The highest BCUT2D eigenvalue weighted by atomic mass is 32.2. The van der Waals surface area contributed by atoms with Crippen LogP contribution in [0.4, 0.5) is 0 Å². The van der Waals surface area contributed by atoms with Gasteiger partial charge in [-0.25, -0.2) is 0 Å². The van der Waals surface area contributed by atoms with Crippen molar-refractivity contribution < 1.29 is 24.4 Å². The van der Waals surface area contributed by atoms with E-state index < -0.39 is 28.6 Å². The van der Waals surface area contributed by atoms with E-state index in [0.717, 1.165) is 38.5 Å². The van der Waals surface area contributed by atoms with Gasteiger partial charge in [0.05, 0.1) is 6.10 Å². The number of aliphatic hydroxyl groups excluding tert-OH is 1. The Morgan fingerprint density at radius 3 is 2.72 bits per heavy atom. The number of carboxylic acid groups (broad SMARTS) is 1. The molecule has 1 rings (SSSR count). The minimum atomic E-state index is -1.26. The number of hydrogen-bond acceptors (Lipinski definition) is 4. The molecule has 0 aromatic rings. The molecular weight excluding hydrogens is 342 g/mol. The molecule has 0 radical (unpaired) electrons. The van der Waals surface area contributed by atoms with E-state index in [9.17, 15) is 19.2 Å². The average Bonchev–Trinajstić information content (AvgIpc) is 2.82. The van der Waals surface area contributed by atoms with E-state index in [1.807, 2.05) is 0 Å². The zero-order valence-electron chi connectivity index (χ0n) is 15.1. The van der Waals surface area contributed by atoms with Crippen LogP contribution in [0.3, 0.4) is 0 Å². The third-order valence-electron chi connectivity index (χ3n) is 4.30. The Morgan fingerprint density at radius 1 is 1.32 bits per heavy atom. The van der Waals surface area contributed by atoms with Crippen molar-refractivity contribution in [3.8, 4) is 0 Å². The lowest BCUT2D eigenvalue weighted by molar-refractivity contribution is -0.137. The van der Waals surface area contributed by atoms with Crippen molar-refractivity contribution in [3.63, 3.8) is 0 Å². The number of aliphatic carboxylic acids is 1. The van der Waals surface area contributed by atoms with Crippen molar-refractivity contribution in [2.45, 2.75) is 76.2 Å². The van der Waals surface area contributed by atoms with Crippen molar-refractivity contribution in [1.82, 2.24) is 4.90 Å². The molecule has 1 fully saturated rings. The van der Waals surface area contributed by atoms with Gasteiger partial charge in [-0.05, 0) is 36.5 Å². The summed E-state index contributed by atoms with van der Waals surface area (Å²) in [6, 6.07) is 0. The second kappa shape index (κ2) is 12.3. The summed E-state index contributed by atoms with van der Waals surface area (Å²) in [5.41, 5.74) is 0. The fourth-order valence-corrected chi connectivity index (χ4v) is 4.20. The second-order valence-electron chi connectivity index (χ2n) is 6.51. The van der Waals surface area contributed by atoms with E-state index in [0.29, 0.717) is 19.4 Å². The zero-order valence-corrected chi connectivity index (χ0v) is 15.9. The van der Waals surface area contributed by atoms with Gasteiger partial charge in [-0.15, -0.1) is 0 Å². The van der Waals surface area contributed by atoms with Crippen LogP contribution in [0.5, 0.6) is 0 Å². The number of carbonyl (C=O) groups is 2. The highest BCUT2D eigenvalue weighted by Crippen LogP contribution is 2.21.